The van der Waals surface area contributed by atoms with Crippen LogP contribution >= 0.6 is 0 Å². The van der Waals surface area contributed by atoms with Crippen LogP contribution in [0.25, 0.3) is 10.9 Å². The van der Waals surface area contributed by atoms with Crippen molar-refractivity contribution in [1.29, 1.82) is 0 Å². The zero-order valence-corrected chi connectivity index (χ0v) is 10.5. The predicted octanol–water partition coefficient (Wildman–Crippen LogP) is 3.02. The number of benzene rings is 1. The number of aromatic amines is 1. The van der Waals surface area contributed by atoms with E-state index in [-0.39, 0.29) is 5.41 Å². The maximum atomic E-state index is 5.85. The Hall–Kier alpha value is -1.28. The van der Waals surface area contributed by atoms with Crippen molar-refractivity contribution in [3.05, 3.63) is 35.0 Å². The number of nitrogens with one attached hydrogen (secondary N) is 1. The summed E-state index contributed by atoms with van der Waals surface area (Å²) in [4.78, 5) is 3.37. The number of fused-ring (bicyclic) bond motifs is 1. The summed E-state index contributed by atoms with van der Waals surface area (Å²) < 4.78 is 0. The summed E-state index contributed by atoms with van der Waals surface area (Å²) >= 11 is 0. The van der Waals surface area contributed by atoms with Gasteiger partial charge in [-0.15, -0.1) is 0 Å². The average Bonchev–Trinajstić information content (AvgIpc) is 2.62. The van der Waals surface area contributed by atoms with Gasteiger partial charge in [0.2, 0.25) is 0 Å². The van der Waals surface area contributed by atoms with E-state index >= 15 is 0 Å². The topological polar surface area (TPSA) is 41.8 Å². The number of H-pyrrole nitrogens is 1. The number of aryl methyl sites for hydroxylation is 2. The minimum atomic E-state index is 0.0263. The quantitative estimate of drug-likeness (QED) is 0.796. The van der Waals surface area contributed by atoms with E-state index in [9.17, 15) is 0 Å². The molecule has 3 N–H and O–H groups in total. The normalized spacial score (nSPS) is 12.3. The van der Waals surface area contributed by atoms with Crippen molar-refractivity contribution in [2.45, 2.75) is 33.1 Å². The summed E-state index contributed by atoms with van der Waals surface area (Å²) in [6.07, 6.45) is 2.10. The molecule has 0 bridgehead atoms. The van der Waals surface area contributed by atoms with Crippen LogP contribution in [0.3, 0.4) is 0 Å². The van der Waals surface area contributed by atoms with E-state index in [0.717, 1.165) is 0 Å². The molecular weight excluding hydrogens is 196 g/mol. The van der Waals surface area contributed by atoms with Crippen LogP contribution < -0.4 is 5.73 Å². The Balaban J connectivity index is 2.74. The van der Waals surface area contributed by atoms with Crippen molar-refractivity contribution in [3.63, 3.8) is 0 Å². The molecule has 0 aliphatic heterocycles. The Bertz CT molecular complexity index is 521. The first-order valence-corrected chi connectivity index (χ1v) is 5.74. The van der Waals surface area contributed by atoms with Gasteiger partial charge in [-0.3, -0.25) is 0 Å². The molecule has 0 aliphatic rings. The summed E-state index contributed by atoms with van der Waals surface area (Å²) in [7, 11) is 0. The second-order valence-electron chi connectivity index (χ2n) is 5.29. The van der Waals surface area contributed by atoms with Crippen molar-refractivity contribution in [1.82, 2.24) is 4.98 Å². The highest BCUT2D eigenvalue weighted by Crippen LogP contribution is 2.31. The van der Waals surface area contributed by atoms with Crippen LogP contribution in [0, 0.1) is 13.8 Å². The molecular formula is C14H20N2. The van der Waals surface area contributed by atoms with Crippen molar-refractivity contribution >= 4 is 10.9 Å². The van der Waals surface area contributed by atoms with Crippen LogP contribution in [0.1, 0.15) is 30.5 Å². The molecule has 0 unspecified atom stereocenters. The lowest BCUT2D eigenvalue weighted by atomic mass is 9.84. The lowest BCUT2D eigenvalue weighted by Crippen LogP contribution is -2.27. The van der Waals surface area contributed by atoms with Crippen molar-refractivity contribution < 1.29 is 0 Å². The standard InChI is InChI=1S/C14H20N2/c1-9-5-10(2)13-11(6-9)12(7-16-13)14(3,4)8-15/h5-7,16H,8,15H2,1-4H3. The van der Waals surface area contributed by atoms with Crippen molar-refractivity contribution in [3.8, 4) is 0 Å². The van der Waals surface area contributed by atoms with E-state index < -0.39 is 0 Å². The molecule has 0 amide bonds. The van der Waals surface area contributed by atoms with Crippen molar-refractivity contribution in [2.24, 2.45) is 5.73 Å². The lowest BCUT2D eigenvalue weighted by molar-refractivity contribution is 0.544. The molecule has 0 saturated heterocycles. The van der Waals surface area contributed by atoms with E-state index in [1.165, 1.54) is 27.6 Å². The summed E-state index contributed by atoms with van der Waals surface area (Å²) in [5, 5.41) is 1.31. The molecule has 0 atom stereocenters. The van der Waals surface area contributed by atoms with E-state index in [0.29, 0.717) is 6.54 Å². The first-order chi connectivity index (χ1) is 7.45. The molecule has 0 radical (unpaired) electrons. The highest BCUT2D eigenvalue weighted by molar-refractivity contribution is 5.87. The molecule has 2 heteroatoms. The van der Waals surface area contributed by atoms with E-state index in [4.69, 9.17) is 5.73 Å². The molecule has 0 saturated carbocycles. The van der Waals surface area contributed by atoms with Gasteiger partial charge in [-0.1, -0.05) is 25.5 Å². The molecule has 2 rings (SSSR count). The van der Waals surface area contributed by atoms with Gasteiger partial charge in [0.15, 0.2) is 0 Å². The van der Waals surface area contributed by atoms with Crippen LogP contribution in [0.4, 0.5) is 0 Å². The second-order valence-corrected chi connectivity index (χ2v) is 5.29. The van der Waals surface area contributed by atoms with E-state index in [1.54, 1.807) is 0 Å². The number of aromatic nitrogens is 1. The molecule has 2 aromatic rings. The Kier molecular flexibility index (Phi) is 2.55. The molecule has 2 nitrogen and oxygen atoms in total. The van der Waals surface area contributed by atoms with Crippen molar-refractivity contribution in [2.75, 3.05) is 6.54 Å². The first kappa shape index (κ1) is 11.2. The van der Waals surface area contributed by atoms with Gasteiger partial charge < -0.3 is 10.7 Å². The average molecular weight is 216 g/mol. The van der Waals surface area contributed by atoms with E-state index in [1.807, 2.05) is 0 Å². The number of rotatable bonds is 2. The molecule has 1 aromatic carbocycles. The summed E-state index contributed by atoms with van der Waals surface area (Å²) in [6.45, 7) is 9.32. The fourth-order valence-corrected chi connectivity index (χ4v) is 2.26. The second kappa shape index (κ2) is 3.63. The summed E-state index contributed by atoms with van der Waals surface area (Å²) in [5.41, 5.74) is 11.0. The third kappa shape index (κ3) is 1.63. The van der Waals surface area contributed by atoms with Crippen LogP contribution in [0.5, 0.6) is 0 Å². The molecule has 0 fully saturated rings. The third-order valence-electron chi connectivity index (χ3n) is 3.37. The maximum Gasteiger partial charge on any atom is 0.0486 e. The van der Waals surface area contributed by atoms with Gasteiger partial charge in [0.25, 0.3) is 0 Å². The molecule has 1 heterocycles. The van der Waals surface area contributed by atoms with Gasteiger partial charge in [-0.05, 0) is 31.0 Å². The van der Waals surface area contributed by atoms with Crippen LogP contribution in [-0.4, -0.2) is 11.5 Å². The summed E-state index contributed by atoms with van der Waals surface area (Å²) in [5.74, 6) is 0. The zero-order chi connectivity index (χ0) is 11.9. The van der Waals surface area contributed by atoms with Crippen LogP contribution in [0.15, 0.2) is 18.3 Å². The van der Waals surface area contributed by atoms with Crippen LogP contribution in [-0.2, 0) is 5.41 Å². The van der Waals surface area contributed by atoms with Crippen LogP contribution in [0.2, 0.25) is 0 Å². The fourth-order valence-electron chi connectivity index (χ4n) is 2.26. The highest BCUT2D eigenvalue weighted by atomic mass is 14.7. The fraction of sp³-hybridized carbons (Fsp3) is 0.429. The Morgan fingerprint density at radius 1 is 1.25 bits per heavy atom. The number of hydrogen-bond acceptors (Lipinski definition) is 1. The van der Waals surface area contributed by atoms with Gasteiger partial charge in [0.1, 0.15) is 0 Å². The van der Waals surface area contributed by atoms with Gasteiger partial charge in [0, 0.05) is 29.1 Å². The Labute approximate surface area is 96.9 Å². The highest BCUT2D eigenvalue weighted by Gasteiger charge is 2.22. The Morgan fingerprint density at radius 3 is 2.56 bits per heavy atom. The maximum absolute atomic E-state index is 5.85. The molecule has 0 aliphatic carbocycles. The number of hydrogen-bond donors (Lipinski definition) is 2. The lowest BCUT2D eigenvalue weighted by Gasteiger charge is -2.22. The zero-order valence-electron chi connectivity index (χ0n) is 10.5. The Morgan fingerprint density at radius 2 is 1.94 bits per heavy atom. The van der Waals surface area contributed by atoms with E-state index in [2.05, 4.69) is 51.0 Å². The first-order valence-electron chi connectivity index (χ1n) is 5.74. The monoisotopic (exact) mass is 216 g/mol. The molecule has 86 valence electrons. The summed E-state index contributed by atoms with van der Waals surface area (Å²) in [6, 6.07) is 4.45. The number of nitrogens with two attached hydrogens (primary N) is 1. The predicted molar refractivity (Wildman–Crippen MR) is 69.9 cm³/mol. The van der Waals surface area contributed by atoms with Gasteiger partial charge in [0.05, 0.1) is 0 Å². The third-order valence-corrected chi connectivity index (χ3v) is 3.37. The largest absolute Gasteiger partial charge is 0.361 e. The molecule has 16 heavy (non-hydrogen) atoms. The SMILES string of the molecule is Cc1cc(C)c2[nH]cc(C(C)(C)CN)c2c1. The van der Waals surface area contributed by atoms with Gasteiger partial charge in [-0.25, -0.2) is 0 Å². The van der Waals surface area contributed by atoms with Gasteiger partial charge in [-0.2, -0.15) is 0 Å². The molecule has 0 spiro atoms. The molecule has 1 aromatic heterocycles. The minimum absolute atomic E-state index is 0.0263. The smallest absolute Gasteiger partial charge is 0.0486 e. The minimum Gasteiger partial charge on any atom is -0.361 e. The van der Waals surface area contributed by atoms with Gasteiger partial charge >= 0.3 is 0 Å².